The van der Waals surface area contributed by atoms with Crippen molar-refractivity contribution >= 4 is 37.5 Å². The summed E-state index contributed by atoms with van der Waals surface area (Å²) in [5, 5.41) is 2.65. The van der Waals surface area contributed by atoms with E-state index in [9.17, 15) is 17.6 Å². The molecule has 0 saturated heterocycles. The molecule has 30 heavy (non-hydrogen) atoms. The van der Waals surface area contributed by atoms with Gasteiger partial charge >= 0.3 is 0 Å². The lowest BCUT2D eigenvalue weighted by molar-refractivity contribution is 0.0950. The van der Waals surface area contributed by atoms with Crippen LogP contribution < -0.4 is 14.8 Å². The number of halogens is 2. The van der Waals surface area contributed by atoms with Crippen molar-refractivity contribution in [1.82, 2.24) is 5.32 Å². The van der Waals surface area contributed by atoms with Crippen molar-refractivity contribution in [2.24, 2.45) is 0 Å². The van der Waals surface area contributed by atoms with E-state index in [-0.39, 0.29) is 22.7 Å². The second kappa shape index (κ2) is 9.27. The lowest BCUT2D eigenvalue weighted by atomic mass is 10.2. The largest absolute Gasteiger partial charge is 0.495 e. The minimum absolute atomic E-state index is 0.0745. The molecule has 1 amide bonds. The van der Waals surface area contributed by atoms with Crippen molar-refractivity contribution in [3.05, 3.63) is 88.1 Å². The molecule has 0 aliphatic carbocycles. The summed E-state index contributed by atoms with van der Waals surface area (Å²) < 4.78 is 47.1. The van der Waals surface area contributed by atoms with Gasteiger partial charge in [0.25, 0.3) is 15.9 Å². The SMILES string of the molecule is COc1ccccc1NS(=O)(=O)c1cccc(C(=O)NCc2cc(F)cc(Br)c2)c1. The zero-order chi connectivity index (χ0) is 21.7. The average molecular weight is 493 g/mol. The topological polar surface area (TPSA) is 84.5 Å². The molecule has 3 aromatic rings. The molecular weight excluding hydrogens is 475 g/mol. The Morgan fingerprint density at radius 1 is 1.07 bits per heavy atom. The molecule has 9 heteroatoms. The van der Waals surface area contributed by atoms with Gasteiger partial charge in [0.05, 0.1) is 17.7 Å². The van der Waals surface area contributed by atoms with Crippen LogP contribution in [0.4, 0.5) is 10.1 Å². The van der Waals surface area contributed by atoms with Crippen LogP contribution in [0.5, 0.6) is 5.75 Å². The first-order valence-corrected chi connectivity index (χ1v) is 11.1. The fraction of sp³-hybridized carbons (Fsp3) is 0.0952. The summed E-state index contributed by atoms with van der Waals surface area (Å²) >= 11 is 3.20. The zero-order valence-electron chi connectivity index (χ0n) is 15.9. The molecule has 0 aliphatic heterocycles. The highest BCUT2D eigenvalue weighted by Crippen LogP contribution is 2.26. The van der Waals surface area contributed by atoms with Crippen molar-refractivity contribution in [2.45, 2.75) is 11.4 Å². The first-order valence-electron chi connectivity index (χ1n) is 8.77. The van der Waals surface area contributed by atoms with Gasteiger partial charge in [-0.1, -0.05) is 34.1 Å². The van der Waals surface area contributed by atoms with Gasteiger partial charge in [-0.2, -0.15) is 0 Å². The van der Waals surface area contributed by atoms with Gasteiger partial charge in [-0.3, -0.25) is 9.52 Å². The molecule has 0 atom stereocenters. The van der Waals surface area contributed by atoms with Crippen LogP contribution in [0.1, 0.15) is 15.9 Å². The van der Waals surface area contributed by atoms with E-state index in [2.05, 4.69) is 26.0 Å². The number of nitrogens with one attached hydrogen (secondary N) is 2. The van der Waals surface area contributed by atoms with Crippen LogP contribution in [0.2, 0.25) is 0 Å². The first kappa shape index (κ1) is 21.8. The second-order valence-electron chi connectivity index (χ2n) is 6.29. The van der Waals surface area contributed by atoms with E-state index in [1.807, 2.05) is 0 Å². The standard InChI is InChI=1S/C21H18BrFN2O4S/c1-29-20-8-3-2-7-19(20)25-30(27,28)18-6-4-5-15(11-18)21(26)24-13-14-9-16(22)12-17(23)10-14/h2-12,25H,13H2,1H3,(H,24,26). The third-order valence-corrected chi connectivity index (χ3v) is 5.95. The smallest absolute Gasteiger partial charge is 0.262 e. The van der Waals surface area contributed by atoms with Gasteiger partial charge in [0, 0.05) is 16.6 Å². The summed E-state index contributed by atoms with van der Waals surface area (Å²) in [6, 6.07) is 16.5. The van der Waals surface area contributed by atoms with Crippen LogP contribution in [0.3, 0.4) is 0 Å². The van der Waals surface area contributed by atoms with Crippen molar-refractivity contribution < 1.29 is 22.3 Å². The highest BCUT2D eigenvalue weighted by atomic mass is 79.9. The lowest BCUT2D eigenvalue weighted by Gasteiger charge is -2.12. The summed E-state index contributed by atoms with van der Waals surface area (Å²) in [6.07, 6.45) is 0. The molecule has 3 rings (SSSR count). The molecule has 2 N–H and O–H groups in total. The Balaban J connectivity index is 1.76. The number of para-hydroxylation sites is 2. The van der Waals surface area contributed by atoms with Crippen molar-refractivity contribution in [3.8, 4) is 5.75 Å². The van der Waals surface area contributed by atoms with Gasteiger partial charge in [-0.25, -0.2) is 12.8 Å². The van der Waals surface area contributed by atoms with Crippen LogP contribution in [-0.2, 0) is 16.6 Å². The van der Waals surface area contributed by atoms with Gasteiger partial charge in [0.1, 0.15) is 11.6 Å². The molecule has 6 nitrogen and oxygen atoms in total. The summed E-state index contributed by atoms with van der Waals surface area (Å²) in [6.45, 7) is 0.0889. The Labute approximate surface area is 182 Å². The molecule has 0 bridgehead atoms. The monoisotopic (exact) mass is 492 g/mol. The van der Waals surface area contributed by atoms with Crippen LogP contribution in [0.15, 0.2) is 76.1 Å². The maximum Gasteiger partial charge on any atom is 0.262 e. The molecule has 0 spiro atoms. The number of hydrogen-bond donors (Lipinski definition) is 2. The number of carbonyl (C=O) groups is 1. The number of methoxy groups -OCH3 is 1. The molecule has 156 valence electrons. The molecule has 0 heterocycles. The normalized spacial score (nSPS) is 11.0. The van der Waals surface area contributed by atoms with E-state index in [0.717, 1.165) is 0 Å². The minimum Gasteiger partial charge on any atom is -0.495 e. The molecule has 0 aromatic heterocycles. The maximum atomic E-state index is 13.5. The molecule has 0 aliphatic rings. The highest BCUT2D eigenvalue weighted by Gasteiger charge is 2.18. The van der Waals surface area contributed by atoms with Crippen LogP contribution in [0, 0.1) is 5.82 Å². The Morgan fingerprint density at radius 2 is 1.83 bits per heavy atom. The molecular formula is C21H18BrFN2O4S. The first-order chi connectivity index (χ1) is 14.3. The number of ether oxygens (including phenoxy) is 1. The van der Waals surface area contributed by atoms with Gasteiger partial charge in [-0.05, 0) is 54.1 Å². The van der Waals surface area contributed by atoms with E-state index in [1.165, 1.54) is 43.5 Å². The predicted molar refractivity (Wildman–Crippen MR) is 116 cm³/mol. The van der Waals surface area contributed by atoms with Crippen molar-refractivity contribution in [3.63, 3.8) is 0 Å². The number of carbonyl (C=O) groups excluding carboxylic acids is 1. The number of rotatable bonds is 7. The van der Waals surface area contributed by atoms with Crippen LogP contribution in [-0.4, -0.2) is 21.4 Å². The zero-order valence-corrected chi connectivity index (χ0v) is 18.3. The molecule has 0 unspecified atom stereocenters. The number of amides is 1. The Bertz CT molecular complexity index is 1160. The summed E-state index contributed by atoms with van der Waals surface area (Å²) in [5.41, 5.74) is 1.01. The Hall–Kier alpha value is -2.91. The van der Waals surface area contributed by atoms with Crippen LogP contribution in [0.25, 0.3) is 0 Å². The number of sulfonamides is 1. The van der Waals surface area contributed by atoms with E-state index < -0.39 is 21.7 Å². The van der Waals surface area contributed by atoms with Crippen LogP contribution >= 0.6 is 15.9 Å². The third-order valence-electron chi connectivity index (χ3n) is 4.13. The van der Waals surface area contributed by atoms with Gasteiger partial charge in [0.2, 0.25) is 0 Å². The van der Waals surface area contributed by atoms with E-state index >= 15 is 0 Å². The maximum absolute atomic E-state index is 13.5. The Kier molecular flexibility index (Phi) is 6.73. The summed E-state index contributed by atoms with van der Waals surface area (Å²) in [5.74, 6) is -0.537. The number of benzene rings is 3. The highest BCUT2D eigenvalue weighted by molar-refractivity contribution is 9.10. The minimum atomic E-state index is -3.95. The average Bonchev–Trinajstić information content (AvgIpc) is 2.71. The fourth-order valence-electron chi connectivity index (χ4n) is 2.73. The third kappa shape index (κ3) is 5.37. The van der Waals surface area contributed by atoms with Crippen molar-refractivity contribution in [2.75, 3.05) is 11.8 Å². The fourth-order valence-corrected chi connectivity index (χ4v) is 4.36. The molecule has 0 saturated carbocycles. The molecule has 0 radical (unpaired) electrons. The van der Waals surface area contributed by atoms with Gasteiger partial charge in [0.15, 0.2) is 0 Å². The van der Waals surface area contributed by atoms with Crippen molar-refractivity contribution in [1.29, 1.82) is 0 Å². The van der Waals surface area contributed by atoms with E-state index in [1.54, 1.807) is 30.3 Å². The second-order valence-corrected chi connectivity index (χ2v) is 8.89. The quantitative estimate of drug-likeness (QED) is 0.514. The molecule has 0 fully saturated rings. The van der Waals surface area contributed by atoms with E-state index in [4.69, 9.17) is 4.74 Å². The Morgan fingerprint density at radius 3 is 2.57 bits per heavy atom. The van der Waals surface area contributed by atoms with E-state index in [0.29, 0.717) is 15.8 Å². The summed E-state index contributed by atoms with van der Waals surface area (Å²) in [4.78, 5) is 12.4. The van der Waals surface area contributed by atoms with Gasteiger partial charge in [-0.15, -0.1) is 0 Å². The molecule has 3 aromatic carbocycles. The summed E-state index contributed by atoms with van der Waals surface area (Å²) in [7, 11) is -2.51. The number of anilines is 1. The lowest BCUT2D eigenvalue weighted by Crippen LogP contribution is -2.23. The van der Waals surface area contributed by atoms with Gasteiger partial charge < -0.3 is 10.1 Å². The predicted octanol–water partition coefficient (Wildman–Crippen LogP) is 4.33. The number of hydrogen-bond acceptors (Lipinski definition) is 4.